The number of nitrogens with zero attached hydrogens (tertiary/aromatic N) is 2. The van der Waals surface area contributed by atoms with Crippen LogP contribution in [0.4, 0.5) is 5.82 Å². The third-order valence-corrected chi connectivity index (χ3v) is 2.49. The molecule has 3 N–H and O–H groups in total. The van der Waals surface area contributed by atoms with Gasteiger partial charge in [-0.1, -0.05) is 39.0 Å². The highest BCUT2D eigenvalue weighted by Crippen LogP contribution is 2.25. The van der Waals surface area contributed by atoms with Gasteiger partial charge >= 0.3 is 0 Å². The van der Waals surface area contributed by atoms with Crippen molar-refractivity contribution in [3.05, 3.63) is 42.2 Å². The summed E-state index contributed by atoms with van der Waals surface area (Å²) in [6, 6.07) is 11.2. The van der Waals surface area contributed by atoms with E-state index in [0.29, 0.717) is 17.5 Å². The largest absolute Gasteiger partial charge is 0.439 e. The summed E-state index contributed by atoms with van der Waals surface area (Å²) in [5, 5.41) is 0. The van der Waals surface area contributed by atoms with Crippen LogP contribution in [0.2, 0.25) is 0 Å². The Hall–Kier alpha value is -2.14. The van der Waals surface area contributed by atoms with Gasteiger partial charge < -0.3 is 10.2 Å². The van der Waals surface area contributed by atoms with E-state index in [0.717, 1.165) is 5.75 Å². The van der Waals surface area contributed by atoms with E-state index >= 15 is 0 Å². The number of benzene rings is 1. The molecule has 0 aliphatic rings. The van der Waals surface area contributed by atoms with E-state index in [9.17, 15) is 0 Å². The van der Waals surface area contributed by atoms with Crippen molar-refractivity contribution in [2.75, 3.05) is 5.43 Å². The molecule has 19 heavy (non-hydrogen) atoms. The second kappa shape index (κ2) is 5.24. The Balaban J connectivity index is 2.35. The Morgan fingerprint density at radius 3 is 2.37 bits per heavy atom. The normalized spacial score (nSPS) is 11.2. The quantitative estimate of drug-likeness (QED) is 0.654. The van der Waals surface area contributed by atoms with Crippen LogP contribution in [0.25, 0.3) is 0 Å². The minimum Gasteiger partial charge on any atom is -0.439 e. The predicted molar refractivity (Wildman–Crippen MR) is 75.1 cm³/mol. The predicted octanol–water partition coefficient (Wildman–Crippen LogP) is 2.85. The lowest BCUT2D eigenvalue weighted by molar-refractivity contribution is 0.446. The number of aromatic nitrogens is 2. The fourth-order valence-electron chi connectivity index (χ4n) is 1.50. The maximum absolute atomic E-state index is 5.71. The van der Waals surface area contributed by atoms with E-state index in [2.05, 4.69) is 15.4 Å². The SMILES string of the molecule is CC(C)(C)c1nc(NN)cc(Oc2ccccc2)n1. The first-order valence-corrected chi connectivity index (χ1v) is 6.08. The summed E-state index contributed by atoms with van der Waals surface area (Å²) in [7, 11) is 0. The first-order chi connectivity index (χ1) is 8.99. The fourth-order valence-corrected chi connectivity index (χ4v) is 1.50. The summed E-state index contributed by atoms with van der Waals surface area (Å²) in [5.41, 5.74) is 2.36. The Morgan fingerprint density at radius 1 is 1.11 bits per heavy atom. The van der Waals surface area contributed by atoms with Gasteiger partial charge in [0.1, 0.15) is 17.4 Å². The lowest BCUT2D eigenvalue weighted by Crippen LogP contribution is -2.19. The van der Waals surface area contributed by atoms with Crippen molar-refractivity contribution in [1.82, 2.24) is 9.97 Å². The fraction of sp³-hybridized carbons (Fsp3) is 0.286. The van der Waals surface area contributed by atoms with Gasteiger partial charge in [-0.2, -0.15) is 4.98 Å². The molecule has 100 valence electrons. The molecule has 2 rings (SSSR count). The molecule has 0 saturated carbocycles. The lowest BCUT2D eigenvalue weighted by Gasteiger charge is -2.18. The summed E-state index contributed by atoms with van der Waals surface area (Å²) in [6.07, 6.45) is 0. The number of ether oxygens (including phenoxy) is 1. The van der Waals surface area contributed by atoms with Crippen LogP contribution in [0.5, 0.6) is 11.6 Å². The number of para-hydroxylation sites is 1. The zero-order valence-corrected chi connectivity index (χ0v) is 11.3. The Kier molecular flexibility index (Phi) is 3.66. The van der Waals surface area contributed by atoms with E-state index in [1.165, 1.54) is 0 Å². The number of hydrogen-bond donors (Lipinski definition) is 2. The van der Waals surface area contributed by atoms with Gasteiger partial charge in [0.25, 0.3) is 0 Å². The highest BCUT2D eigenvalue weighted by atomic mass is 16.5. The molecule has 0 amide bonds. The van der Waals surface area contributed by atoms with Crippen LogP contribution in [0.3, 0.4) is 0 Å². The third kappa shape index (κ3) is 3.42. The van der Waals surface area contributed by atoms with Crippen molar-refractivity contribution in [3.63, 3.8) is 0 Å². The molecule has 1 heterocycles. The van der Waals surface area contributed by atoms with Crippen molar-refractivity contribution >= 4 is 5.82 Å². The molecule has 2 aromatic rings. The first-order valence-electron chi connectivity index (χ1n) is 6.08. The molecule has 0 fully saturated rings. The van der Waals surface area contributed by atoms with Crippen molar-refractivity contribution in [2.45, 2.75) is 26.2 Å². The van der Waals surface area contributed by atoms with E-state index in [1.807, 2.05) is 51.1 Å². The molecule has 0 unspecified atom stereocenters. The number of nitrogens with one attached hydrogen (secondary N) is 1. The average Bonchev–Trinajstić information content (AvgIpc) is 2.38. The second-order valence-corrected chi connectivity index (χ2v) is 5.22. The molecular formula is C14H18N4O. The number of anilines is 1. The second-order valence-electron chi connectivity index (χ2n) is 5.22. The van der Waals surface area contributed by atoms with Crippen LogP contribution < -0.4 is 16.0 Å². The van der Waals surface area contributed by atoms with Gasteiger partial charge in [-0.15, -0.1) is 0 Å². The van der Waals surface area contributed by atoms with Crippen LogP contribution >= 0.6 is 0 Å². The van der Waals surface area contributed by atoms with Gasteiger partial charge in [0.2, 0.25) is 5.88 Å². The number of hydrogen-bond acceptors (Lipinski definition) is 5. The Morgan fingerprint density at radius 2 is 1.79 bits per heavy atom. The van der Waals surface area contributed by atoms with Gasteiger partial charge in [-0.3, -0.25) is 0 Å². The monoisotopic (exact) mass is 258 g/mol. The Labute approximate surface area is 112 Å². The lowest BCUT2D eigenvalue weighted by atomic mass is 9.96. The first kappa shape index (κ1) is 13.3. The summed E-state index contributed by atoms with van der Waals surface area (Å²) >= 11 is 0. The molecule has 1 aromatic carbocycles. The molecular weight excluding hydrogens is 240 g/mol. The number of nitrogen functional groups attached to an aromatic ring is 1. The molecule has 0 radical (unpaired) electrons. The molecule has 0 aliphatic heterocycles. The molecule has 0 spiro atoms. The van der Waals surface area contributed by atoms with Crippen molar-refractivity contribution in [3.8, 4) is 11.6 Å². The molecule has 5 nitrogen and oxygen atoms in total. The van der Waals surface area contributed by atoms with E-state index in [4.69, 9.17) is 10.6 Å². The third-order valence-electron chi connectivity index (χ3n) is 2.49. The zero-order chi connectivity index (χ0) is 13.9. The van der Waals surface area contributed by atoms with E-state index in [1.54, 1.807) is 6.07 Å². The van der Waals surface area contributed by atoms with Gasteiger partial charge in [0.15, 0.2) is 0 Å². The van der Waals surface area contributed by atoms with Gasteiger partial charge in [-0.05, 0) is 12.1 Å². The smallest absolute Gasteiger partial charge is 0.224 e. The highest BCUT2D eigenvalue weighted by Gasteiger charge is 2.19. The number of rotatable bonds is 3. The summed E-state index contributed by atoms with van der Waals surface area (Å²) in [5.74, 6) is 7.83. The number of nitrogens with two attached hydrogens (primary N) is 1. The van der Waals surface area contributed by atoms with Crippen LogP contribution in [-0.4, -0.2) is 9.97 Å². The standard InChI is InChI=1S/C14H18N4O/c1-14(2,3)13-16-11(18-15)9-12(17-13)19-10-7-5-4-6-8-10/h4-9H,15H2,1-3H3,(H,16,17,18). The van der Waals surface area contributed by atoms with Crippen LogP contribution in [0.1, 0.15) is 26.6 Å². The summed E-state index contributed by atoms with van der Waals surface area (Å²) in [4.78, 5) is 8.76. The molecule has 0 atom stereocenters. The molecule has 0 bridgehead atoms. The maximum atomic E-state index is 5.71. The van der Waals surface area contributed by atoms with Gasteiger partial charge in [0, 0.05) is 11.5 Å². The van der Waals surface area contributed by atoms with Gasteiger partial charge in [0.05, 0.1) is 0 Å². The van der Waals surface area contributed by atoms with E-state index < -0.39 is 0 Å². The molecule has 1 aromatic heterocycles. The highest BCUT2D eigenvalue weighted by molar-refractivity contribution is 5.39. The minimum absolute atomic E-state index is 0.179. The minimum atomic E-state index is -0.179. The molecule has 0 saturated heterocycles. The van der Waals surface area contributed by atoms with Crippen LogP contribution in [-0.2, 0) is 5.41 Å². The van der Waals surface area contributed by atoms with Crippen LogP contribution in [0, 0.1) is 0 Å². The summed E-state index contributed by atoms with van der Waals surface area (Å²) < 4.78 is 5.71. The average molecular weight is 258 g/mol. The topological polar surface area (TPSA) is 73.1 Å². The maximum Gasteiger partial charge on any atom is 0.224 e. The molecule has 0 aliphatic carbocycles. The zero-order valence-electron chi connectivity index (χ0n) is 11.3. The number of hydrazine groups is 1. The van der Waals surface area contributed by atoms with Crippen LogP contribution in [0.15, 0.2) is 36.4 Å². The van der Waals surface area contributed by atoms with Crippen molar-refractivity contribution in [1.29, 1.82) is 0 Å². The summed E-state index contributed by atoms with van der Waals surface area (Å²) in [6.45, 7) is 6.11. The van der Waals surface area contributed by atoms with E-state index in [-0.39, 0.29) is 5.41 Å². The van der Waals surface area contributed by atoms with Gasteiger partial charge in [-0.25, -0.2) is 10.8 Å². The molecule has 5 heteroatoms. The van der Waals surface area contributed by atoms with Crippen molar-refractivity contribution < 1.29 is 4.74 Å². The Bertz CT molecular complexity index is 549. The van der Waals surface area contributed by atoms with Crippen molar-refractivity contribution in [2.24, 2.45) is 5.84 Å².